The number of phenolic OH excluding ortho intramolecular Hbond substituents is 2. The fraction of sp³-hybridized carbons (Fsp3) is 0.417. The number of aryl methyl sites for hydroxylation is 1. The maximum absolute atomic E-state index is 13.4. The predicted octanol–water partition coefficient (Wildman–Crippen LogP) is 4.91. The van der Waals surface area contributed by atoms with Crippen molar-refractivity contribution in [3.05, 3.63) is 57.6 Å². The number of phenols is 2. The van der Waals surface area contributed by atoms with Gasteiger partial charge in [-0.05, 0) is 49.1 Å². The molecule has 0 aromatic heterocycles. The van der Waals surface area contributed by atoms with Crippen LogP contribution >= 0.6 is 11.6 Å². The molecule has 2 aromatic carbocycles. The highest BCUT2D eigenvalue weighted by atomic mass is 35.5. The van der Waals surface area contributed by atoms with Gasteiger partial charge < -0.3 is 20.0 Å². The Morgan fingerprint density at radius 3 is 2.39 bits per heavy atom. The van der Waals surface area contributed by atoms with Crippen molar-refractivity contribution in [2.24, 2.45) is 0 Å². The second-order valence-corrected chi connectivity index (χ2v) is 9.10. The quantitative estimate of drug-likeness (QED) is 0.657. The predicted molar refractivity (Wildman–Crippen MR) is 119 cm³/mol. The van der Waals surface area contributed by atoms with E-state index in [1.54, 1.807) is 23.1 Å². The molecule has 33 heavy (non-hydrogen) atoms. The molecule has 1 atom stereocenters. The molecule has 0 unspecified atom stereocenters. The normalized spacial score (nSPS) is 20.2. The van der Waals surface area contributed by atoms with Gasteiger partial charge in [0.2, 0.25) is 0 Å². The summed E-state index contributed by atoms with van der Waals surface area (Å²) in [6.45, 7) is 2.39. The van der Waals surface area contributed by atoms with Crippen LogP contribution in [-0.4, -0.2) is 57.4 Å². The van der Waals surface area contributed by atoms with Crippen LogP contribution in [0.15, 0.2) is 30.3 Å². The Balaban J connectivity index is 1.54. The smallest absolute Gasteiger partial charge is 0.258 e. The molecule has 9 heteroatoms. The lowest BCUT2D eigenvalue weighted by atomic mass is 9.96. The third kappa shape index (κ3) is 4.62. The van der Waals surface area contributed by atoms with Crippen molar-refractivity contribution in [3.8, 4) is 11.5 Å². The minimum absolute atomic E-state index is 0.0102. The van der Waals surface area contributed by atoms with E-state index in [4.69, 9.17) is 11.6 Å². The van der Waals surface area contributed by atoms with E-state index in [-0.39, 0.29) is 60.0 Å². The van der Waals surface area contributed by atoms with Crippen LogP contribution in [0.25, 0.3) is 0 Å². The number of aromatic hydroxyl groups is 2. The lowest BCUT2D eigenvalue weighted by molar-refractivity contribution is -0.0494. The van der Waals surface area contributed by atoms with E-state index in [1.165, 1.54) is 11.0 Å². The number of carbonyl (C=O) groups excluding carboxylic acids is 2. The second kappa shape index (κ2) is 8.82. The molecular weight excluding hydrogens is 454 g/mol. The highest BCUT2D eigenvalue weighted by molar-refractivity contribution is 6.32. The molecule has 4 rings (SSSR count). The van der Waals surface area contributed by atoms with E-state index in [2.05, 4.69) is 0 Å². The molecule has 0 radical (unpaired) electrons. The van der Waals surface area contributed by atoms with Gasteiger partial charge in [-0.1, -0.05) is 17.7 Å². The molecule has 2 N–H and O–H groups in total. The van der Waals surface area contributed by atoms with E-state index in [1.807, 2.05) is 6.92 Å². The van der Waals surface area contributed by atoms with E-state index in [9.17, 15) is 28.6 Å². The Bertz CT molecular complexity index is 1100. The largest absolute Gasteiger partial charge is 0.507 e. The highest BCUT2D eigenvalue weighted by Gasteiger charge is 2.36. The summed E-state index contributed by atoms with van der Waals surface area (Å²) in [4.78, 5) is 29.1. The number of rotatable bonds is 3. The number of nitrogens with zero attached hydrogens (tertiary/aromatic N) is 2. The first-order valence-electron chi connectivity index (χ1n) is 10.9. The van der Waals surface area contributed by atoms with Crippen molar-refractivity contribution in [2.75, 3.05) is 19.6 Å². The van der Waals surface area contributed by atoms with Gasteiger partial charge in [0.15, 0.2) is 0 Å². The molecule has 6 nitrogen and oxygen atoms in total. The van der Waals surface area contributed by atoms with Gasteiger partial charge in [0.1, 0.15) is 11.5 Å². The number of amides is 2. The van der Waals surface area contributed by atoms with E-state index in [0.717, 1.165) is 23.6 Å². The topological polar surface area (TPSA) is 81.1 Å². The zero-order valence-corrected chi connectivity index (χ0v) is 18.9. The lowest BCUT2D eigenvalue weighted by Gasteiger charge is -2.32. The molecule has 0 spiro atoms. The zero-order chi connectivity index (χ0) is 23.9. The summed E-state index contributed by atoms with van der Waals surface area (Å²) in [6, 6.07) is 7.26. The monoisotopic (exact) mass is 478 g/mol. The maximum atomic E-state index is 13.4. The SMILES string of the molecule is Cc1cc(C(=O)N2CCC(F)(F)CC2)ccc1[C@H]1CCCN1C(=O)c1cc(Cl)c(O)cc1O. The van der Waals surface area contributed by atoms with Crippen LogP contribution < -0.4 is 0 Å². The molecule has 0 bridgehead atoms. The summed E-state index contributed by atoms with van der Waals surface area (Å²) < 4.78 is 26.8. The Morgan fingerprint density at radius 1 is 1.03 bits per heavy atom. The van der Waals surface area contributed by atoms with Crippen molar-refractivity contribution < 1.29 is 28.6 Å². The van der Waals surface area contributed by atoms with Crippen molar-refractivity contribution >= 4 is 23.4 Å². The Labute approximate surface area is 195 Å². The number of piperidine rings is 1. The van der Waals surface area contributed by atoms with E-state index >= 15 is 0 Å². The molecule has 2 aliphatic rings. The standard InChI is InChI=1S/C24H25ClF2N2O4/c1-14-11-15(22(32)28-9-6-24(26,27)7-10-28)4-5-16(14)19-3-2-8-29(19)23(33)17-12-18(25)21(31)13-20(17)30/h4-5,11-13,19,30-31H,2-3,6-10H2,1H3/t19-/m1/s1. The lowest BCUT2D eigenvalue weighted by Crippen LogP contribution is -2.42. The molecule has 0 aliphatic carbocycles. The number of alkyl halides is 2. The number of likely N-dealkylation sites (tertiary alicyclic amines) is 2. The molecule has 0 saturated carbocycles. The van der Waals surface area contributed by atoms with Crippen LogP contribution in [0.4, 0.5) is 8.78 Å². The van der Waals surface area contributed by atoms with Crippen molar-refractivity contribution in [1.29, 1.82) is 0 Å². The average Bonchev–Trinajstić information content (AvgIpc) is 3.25. The molecule has 2 amide bonds. The van der Waals surface area contributed by atoms with Gasteiger partial charge in [-0.2, -0.15) is 0 Å². The summed E-state index contributed by atoms with van der Waals surface area (Å²) in [5, 5.41) is 19.8. The number of halogens is 3. The first-order chi connectivity index (χ1) is 15.6. The molecule has 2 saturated heterocycles. The number of hydrogen-bond donors (Lipinski definition) is 2. The molecule has 176 valence electrons. The Kier molecular flexibility index (Phi) is 6.22. The maximum Gasteiger partial charge on any atom is 0.258 e. The summed E-state index contributed by atoms with van der Waals surface area (Å²) in [5.74, 6) is -4.05. The van der Waals surface area contributed by atoms with Crippen LogP contribution in [0, 0.1) is 6.92 Å². The third-order valence-electron chi connectivity index (χ3n) is 6.47. The second-order valence-electron chi connectivity index (χ2n) is 8.70. The van der Waals surface area contributed by atoms with Crippen molar-refractivity contribution in [3.63, 3.8) is 0 Å². The molecule has 2 heterocycles. The van der Waals surface area contributed by atoms with Gasteiger partial charge in [-0.3, -0.25) is 9.59 Å². The summed E-state index contributed by atoms with van der Waals surface area (Å²) in [6.07, 6.45) is 0.824. The minimum atomic E-state index is -2.72. The van der Waals surface area contributed by atoms with Gasteiger partial charge in [-0.15, -0.1) is 0 Å². The van der Waals surface area contributed by atoms with Gasteiger partial charge in [0, 0.05) is 44.1 Å². The van der Waals surface area contributed by atoms with Crippen LogP contribution in [0.5, 0.6) is 11.5 Å². The van der Waals surface area contributed by atoms with E-state index < -0.39 is 11.8 Å². The molecule has 2 aromatic rings. The number of benzene rings is 2. The number of carbonyl (C=O) groups is 2. The van der Waals surface area contributed by atoms with Gasteiger partial charge in [0.25, 0.3) is 17.7 Å². The van der Waals surface area contributed by atoms with E-state index in [0.29, 0.717) is 18.5 Å². The first-order valence-corrected chi connectivity index (χ1v) is 11.3. The van der Waals surface area contributed by atoms with Gasteiger partial charge in [-0.25, -0.2) is 8.78 Å². The summed E-state index contributed by atoms with van der Waals surface area (Å²) in [5.41, 5.74) is 2.14. The fourth-order valence-electron chi connectivity index (χ4n) is 4.61. The highest BCUT2D eigenvalue weighted by Crippen LogP contribution is 2.38. The minimum Gasteiger partial charge on any atom is -0.507 e. The molecule has 2 fully saturated rings. The van der Waals surface area contributed by atoms with Gasteiger partial charge in [0.05, 0.1) is 16.6 Å². The Hall–Kier alpha value is -2.87. The molecule has 2 aliphatic heterocycles. The van der Waals surface area contributed by atoms with Crippen LogP contribution in [0.1, 0.15) is 63.6 Å². The average molecular weight is 479 g/mol. The first kappa shape index (κ1) is 23.3. The molecular formula is C24H25ClF2N2O4. The number of hydrogen-bond acceptors (Lipinski definition) is 4. The van der Waals surface area contributed by atoms with Crippen molar-refractivity contribution in [2.45, 2.75) is 44.6 Å². The van der Waals surface area contributed by atoms with Crippen LogP contribution in [0.2, 0.25) is 5.02 Å². The Morgan fingerprint density at radius 2 is 1.73 bits per heavy atom. The summed E-state index contributed by atoms with van der Waals surface area (Å²) in [7, 11) is 0. The third-order valence-corrected chi connectivity index (χ3v) is 6.77. The van der Waals surface area contributed by atoms with Crippen LogP contribution in [-0.2, 0) is 0 Å². The zero-order valence-electron chi connectivity index (χ0n) is 18.2. The van der Waals surface area contributed by atoms with Crippen molar-refractivity contribution in [1.82, 2.24) is 9.80 Å². The van der Waals surface area contributed by atoms with Crippen LogP contribution in [0.3, 0.4) is 0 Å². The fourth-order valence-corrected chi connectivity index (χ4v) is 4.78. The summed E-state index contributed by atoms with van der Waals surface area (Å²) >= 11 is 5.93. The van der Waals surface area contributed by atoms with Gasteiger partial charge >= 0.3 is 0 Å².